The number of aromatic nitrogens is 2. The van der Waals surface area contributed by atoms with E-state index in [9.17, 15) is 4.39 Å². The molecule has 1 N–H and O–H groups in total. The van der Waals surface area contributed by atoms with E-state index in [2.05, 4.69) is 22.2 Å². The lowest BCUT2D eigenvalue weighted by atomic mass is 10.2. The Kier molecular flexibility index (Phi) is 3.40. The SMILES string of the molecule is CCC(Nc1nc2cc(F)ccc2o1)c1nc(C)cs1. The number of hydrogen-bond acceptors (Lipinski definition) is 5. The van der Waals surface area contributed by atoms with Crippen LogP contribution in [-0.4, -0.2) is 9.97 Å². The molecule has 1 unspecified atom stereocenters. The van der Waals surface area contributed by atoms with E-state index in [4.69, 9.17) is 4.42 Å². The standard InChI is InChI=1S/C14H14FN3OS/c1-3-10(13-16-8(2)7-20-13)17-14-18-11-6-9(15)4-5-12(11)19-14/h4-7,10H,3H2,1-2H3,(H,17,18). The van der Waals surface area contributed by atoms with Gasteiger partial charge in [-0.25, -0.2) is 9.37 Å². The number of thiazole rings is 1. The number of rotatable bonds is 4. The number of nitrogens with zero attached hydrogens (tertiary/aromatic N) is 2. The Balaban J connectivity index is 1.87. The monoisotopic (exact) mass is 291 g/mol. The molecule has 0 aliphatic carbocycles. The van der Waals surface area contributed by atoms with Gasteiger partial charge in [0.05, 0.1) is 6.04 Å². The maximum absolute atomic E-state index is 13.1. The molecule has 6 heteroatoms. The molecular weight excluding hydrogens is 277 g/mol. The lowest BCUT2D eigenvalue weighted by Gasteiger charge is -2.11. The minimum atomic E-state index is -0.320. The van der Waals surface area contributed by atoms with Crippen molar-refractivity contribution in [2.24, 2.45) is 0 Å². The summed E-state index contributed by atoms with van der Waals surface area (Å²) in [5.74, 6) is -0.320. The first kappa shape index (κ1) is 13.1. The molecule has 0 radical (unpaired) electrons. The van der Waals surface area contributed by atoms with E-state index in [0.29, 0.717) is 17.1 Å². The van der Waals surface area contributed by atoms with Crippen LogP contribution in [0.5, 0.6) is 0 Å². The third-order valence-corrected chi connectivity index (χ3v) is 4.07. The van der Waals surface area contributed by atoms with Gasteiger partial charge in [0.15, 0.2) is 5.58 Å². The van der Waals surface area contributed by atoms with E-state index in [1.807, 2.05) is 12.3 Å². The van der Waals surface area contributed by atoms with Crippen molar-refractivity contribution in [3.8, 4) is 0 Å². The second kappa shape index (κ2) is 5.20. The number of hydrogen-bond donors (Lipinski definition) is 1. The molecule has 0 saturated heterocycles. The van der Waals surface area contributed by atoms with Gasteiger partial charge in [0.1, 0.15) is 16.3 Å². The molecule has 0 amide bonds. The van der Waals surface area contributed by atoms with Crippen LogP contribution in [0.1, 0.15) is 30.1 Å². The fraction of sp³-hybridized carbons (Fsp3) is 0.286. The zero-order valence-corrected chi connectivity index (χ0v) is 12.0. The molecule has 1 atom stereocenters. The molecule has 2 aromatic heterocycles. The zero-order valence-electron chi connectivity index (χ0n) is 11.2. The van der Waals surface area contributed by atoms with Crippen LogP contribution in [0.15, 0.2) is 28.0 Å². The van der Waals surface area contributed by atoms with Gasteiger partial charge in [-0.3, -0.25) is 0 Å². The molecule has 2 heterocycles. The minimum absolute atomic E-state index is 0.0478. The summed E-state index contributed by atoms with van der Waals surface area (Å²) >= 11 is 1.61. The summed E-state index contributed by atoms with van der Waals surface area (Å²) in [6, 6.07) is 4.74. The van der Waals surface area contributed by atoms with E-state index in [1.54, 1.807) is 17.4 Å². The van der Waals surface area contributed by atoms with Gasteiger partial charge in [0, 0.05) is 17.1 Å². The van der Waals surface area contributed by atoms with Crippen molar-refractivity contribution in [2.75, 3.05) is 5.32 Å². The predicted molar refractivity (Wildman–Crippen MR) is 77.5 cm³/mol. The molecule has 0 aliphatic heterocycles. The van der Waals surface area contributed by atoms with Gasteiger partial charge >= 0.3 is 0 Å². The van der Waals surface area contributed by atoms with Crippen molar-refractivity contribution in [1.82, 2.24) is 9.97 Å². The first-order valence-electron chi connectivity index (χ1n) is 6.40. The second-order valence-corrected chi connectivity index (χ2v) is 5.45. The van der Waals surface area contributed by atoms with Crippen molar-refractivity contribution in [1.29, 1.82) is 0 Å². The van der Waals surface area contributed by atoms with Crippen LogP contribution in [0.4, 0.5) is 10.4 Å². The lowest BCUT2D eigenvalue weighted by Crippen LogP contribution is -2.09. The van der Waals surface area contributed by atoms with Gasteiger partial charge in [0.25, 0.3) is 6.01 Å². The largest absolute Gasteiger partial charge is 0.424 e. The van der Waals surface area contributed by atoms with E-state index in [1.165, 1.54) is 12.1 Å². The van der Waals surface area contributed by atoms with Crippen LogP contribution in [0, 0.1) is 12.7 Å². The summed E-state index contributed by atoms with van der Waals surface area (Å²) in [6.07, 6.45) is 0.861. The Morgan fingerprint density at radius 2 is 2.25 bits per heavy atom. The normalized spacial score (nSPS) is 12.8. The maximum Gasteiger partial charge on any atom is 0.296 e. The highest BCUT2D eigenvalue weighted by atomic mass is 32.1. The van der Waals surface area contributed by atoms with Gasteiger partial charge in [-0.15, -0.1) is 11.3 Å². The van der Waals surface area contributed by atoms with Crippen LogP contribution in [-0.2, 0) is 0 Å². The van der Waals surface area contributed by atoms with Crippen LogP contribution < -0.4 is 5.32 Å². The van der Waals surface area contributed by atoms with Crippen LogP contribution in [0.2, 0.25) is 0 Å². The molecule has 1 aromatic carbocycles. The molecule has 3 aromatic rings. The topological polar surface area (TPSA) is 51.0 Å². The highest BCUT2D eigenvalue weighted by Crippen LogP contribution is 2.27. The number of benzene rings is 1. The quantitative estimate of drug-likeness (QED) is 0.779. The molecule has 0 fully saturated rings. The van der Waals surface area contributed by atoms with E-state index in [-0.39, 0.29) is 11.9 Å². The first-order valence-corrected chi connectivity index (χ1v) is 7.28. The summed E-state index contributed by atoms with van der Waals surface area (Å²) in [7, 11) is 0. The van der Waals surface area contributed by atoms with Gasteiger partial charge in [-0.2, -0.15) is 4.98 Å². The molecule has 0 saturated carbocycles. The van der Waals surface area contributed by atoms with E-state index >= 15 is 0 Å². The third-order valence-electron chi connectivity index (χ3n) is 2.99. The van der Waals surface area contributed by atoms with Gasteiger partial charge in [0.2, 0.25) is 0 Å². The van der Waals surface area contributed by atoms with E-state index < -0.39 is 0 Å². The second-order valence-electron chi connectivity index (χ2n) is 4.56. The van der Waals surface area contributed by atoms with Crippen molar-refractivity contribution >= 4 is 28.5 Å². The molecule has 3 rings (SSSR count). The fourth-order valence-corrected chi connectivity index (χ4v) is 2.91. The summed E-state index contributed by atoms with van der Waals surface area (Å²) in [4.78, 5) is 8.73. The average molecular weight is 291 g/mol. The summed E-state index contributed by atoms with van der Waals surface area (Å²) < 4.78 is 18.7. The number of nitrogens with one attached hydrogen (secondary N) is 1. The Bertz CT molecular complexity index is 737. The number of anilines is 1. The van der Waals surface area contributed by atoms with Gasteiger partial charge < -0.3 is 9.73 Å². The Morgan fingerprint density at radius 3 is 2.95 bits per heavy atom. The van der Waals surface area contributed by atoms with E-state index in [0.717, 1.165) is 17.1 Å². The predicted octanol–water partition coefficient (Wildman–Crippen LogP) is 4.30. The average Bonchev–Trinajstić information content (AvgIpc) is 3.01. The highest BCUT2D eigenvalue weighted by Gasteiger charge is 2.16. The minimum Gasteiger partial charge on any atom is -0.424 e. The number of aryl methyl sites for hydroxylation is 1. The molecular formula is C14H14FN3OS. The maximum atomic E-state index is 13.1. The van der Waals surface area contributed by atoms with Crippen molar-refractivity contribution in [3.05, 3.63) is 40.1 Å². The summed E-state index contributed by atoms with van der Waals surface area (Å²) in [6.45, 7) is 4.03. The van der Waals surface area contributed by atoms with Crippen molar-refractivity contribution in [2.45, 2.75) is 26.3 Å². The van der Waals surface area contributed by atoms with Crippen LogP contribution in [0.25, 0.3) is 11.1 Å². The summed E-state index contributed by atoms with van der Waals surface area (Å²) in [5, 5.41) is 6.23. The number of halogens is 1. The number of fused-ring (bicyclic) bond motifs is 1. The zero-order chi connectivity index (χ0) is 14.1. The Hall–Kier alpha value is -1.95. The molecule has 4 nitrogen and oxygen atoms in total. The lowest BCUT2D eigenvalue weighted by molar-refractivity contribution is 0.590. The van der Waals surface area contributed by atoms with Crippen molar-refractivity contribution in [3.63, 3.8) is 0 Å². The number of oxazole rings is 1. The van der Waals surface area contributed by atoms with Gasteiger partial charge in [-0.05, 0) is 25.5 Å². The molecule has 0 aliphatic rings. The first-order chi connectivity index (χ1) is 9.65. The fourth-order valence-electron chi connectivity index (χ4n) is 1.98. The summed E-state index contributed by atoms with van der Waals surface area (Å²) in [5.41, 5.74) is 2.08. The smallest absolute Gasteiger partial charge is 0.296 e. The van der Waals surface area contributed by atoms with Crippen LogP contribution >= 0.6 is 11.3 Å². The molecule has 104 valence electrons. The molecule has 0 spiro atoms. The third kappa shape index (κ3) is 2.51. The molecule has 0 bridgehead atoms. The Labute approximate surface area is 119 Å². The van der Waals surface area contributed by atoms with Crippen molar-refractivity contribution < 1.29 is 8.81 Å². The van der Waals surface area contributed by atoms with Gasteiger partial charge in [-0.1, -0.05) is 6.92 Å². The molecule has 20 heavy (non-hydrogen) atoms. The highest BCUT2D eigenvalue weighted by molar-refractivity contribution is 7.09. The van der Waals surface area contributed by atoms with Crippen LogP contribution in [0.3, 0.4) is 0 Å². The Morgan fingerprint density at radius 1 is 1.40 bits per heavy atom.